The molecule has 1 N–H and O–H groups in total. The van der Waals surface area contributed by atoms with Crippen LogP contribution in [0.25, 0.3) is 0 Å². The number of amides is 2. The maximum absolute atomic E-state index is 14.2. The Hall–Kier alpha value is -4.32. The Labute approximate surface area is 258 Å². The first kappa shape index (κ1) is 34.2. The van der Waals surface area contributed by atoms with Crippen molar-refractivity contribution in [3.63, 3.8) is 0 Å². The summed E-state index contributed by atoms with van der Waals surface area (Å²) in [6.07, 6.45) is 0.261. The fourth-order valence-electron chi connectivity index (χ4n) is 4.58. The molecule has 0 aliphatic rings. The first-order valence-electron chi connectivity index (χ1n) is 14.0. The predicted octanol–water partition coefficient (Wildman–Crippen LogP) is 4.77. The molecule has 0 bridgehead atoms. The lowest BCUT2D eigenvalue weighted by Crippen LogP contribution is -2.55. The number of nitrogens with zero attached hydrogens (tertiary/aromatic N) is 2. The molecule has 1 atom stereocenters. The van der Waals surface area contributed by atoms with Crippen molar-refractivity contribution in [2.24, 2.45) is 0 Å². The van der Waals surface area contributed by atoms with Gasteiger partial charge in [-0.15, -0.1) is 0 Å². The maximum Gasteiger partial charge on any atom is 0.264 e. The lowest BCUT2D eigenvalue weighted by molar-refractivity contribution is -0.141. The van der Waals surface area contributed by atoms with Gasteiger partial charge in [-0.1, -0.05) is 19.1 Å². The smallest absolute Gasteiger partial charge is 0.264 e. The highest BCUT2D eigenvalue weighted by Crippen LogP contribution is 2.32. The molecule has 0 saturated heterocycles. The van der Waals surface area contributed by atoms with Crippen LogP contribution in [0.1, 0.15) is 39.7 Å². The van der Waals surface area contributed by atoms with Crippen LogP contribution in [0.15, 0.2) is 71.6 Å². The second-order valence-corrected chi connectivity index (χ2v) is 12.9. The molecule has 0 radical (unpaired) electrons. The summed E-state index contributed by atoms with van der Waals surface area (Å²) in [5, 5.41) is 2.93. The Morgan fingerprint density at radius 1 is 0.909 bits per heavy atom. The summed E-state index contributed by atoms with van der Waals surface area (Å²) in [5.41, 5.74) is 0.158. The number of nitrogens with one attached hydrogen (secondary N) is 1. The van der Waals surface area contributed by atoms with E-state index in [0.717, 1.165) is 16.4 Å². The molecule has 2 amide bonds. The molecule has 0 aliphatic heterocycles. The van der Waals surface area contributed by atoms with Crippen LogP contribution < -0.4 is 23.8 Å². The van der Waals surface area contributed by atoms with Crippen molar-refractivity contribution < 1.29 is 36.6 Å². The summed E-state index contributed by atoms with van der Waals surface area (Å²) in [5.74, 6) is -0.553. The Morgan fingerprint density at radius 2 is 1.57 bits per heavy atom. The van der Waals surface area contributed by atoms with Crippen LogP contribution in [0.5, 0.6) is 17.2 Å². The first-order chi connectivity index (χ1) is 20.7. The minimum absolute atomic E-state index is 0.000231. The van der Waals surface area contributed by atoms with Crippen LogP contribution in [0.4, 0.5) is 10.1 Å². The van der Waals surface area contributed by atoms with Gasteiger partial charge in [0, 0.05) is 18.2 Å². The Balaban J connectivity index is 2.12. The fraction of sp³-hybridized carbons (Fsp3) is 0.375. The van der Waals surface area contributed by atoms with Gasteiger partial charge >= 0.3 is 0 Å². The molecular weight excluding hydrogens is 589 g/mol. The van der Waals surface area contributed by atoms with Gasteiger partial charge in [-0.3, -0.25) is 13.9 Å². The van der Waals surface area contributed by atoms with E-state index < -0.39 is 39.9 Å². The molecule has 3 aromatic carbocycles. The number of rotatable bonds is 13. The van der Waals surface area contributed by atoms with Crippen molar-refractivity contribution in [3.8, 4) is 17.2 Å². The second-order valence-electron chi connectivity index (χ2n) is 11.0. The Morgan fingerprint density at radius 3 is 2.14 bits per heavy atom. The molecule has 0 fully saturated rings. The standard InChI is InChI=1S/C32H40FN3O7S/c1-8-27(31(38)34-32(2,3)4)35(20-22-10-9-11-25(18-22)41-5)30(37)21-36(24-14-12-23(33)13-15-24)44(39,40)26-16-17-28(42-6)29(19-26)43-7/h9-19,27H,8,20-21H2,1-7H3,(H,34,38)/t27-/m1/s1. The lowest BCUT2D eigenvalue weighted by atomic mass is 10.1. The normalized spacial score (nSPS) is 12.2. The largest absolute Gasteiger partial charge is 0.497 e. The van der Waals surface area contributed by atoms with E-state index in [-0.39, 0.29) is 35.2 Å². The summed E-state index contributed by atoms with van der Waals surface area (Å²) in [4.78, 5) is 28.9. The van der Waals surface area contributed by atoms with E-state index in [4.69, 9.17) is 14.2 Å². The number of methoxy groups -OCH3 is 3. The number of halogens is 1. The monoisotopic (exact) mass is 629 g/mol. The van der Waals surface area contributed by atoms with Crippen LogP contribution in [-0.2, 0) is 26.2 Å². The SMILES string of the molecule is CC[C@H](C(=O)NC(C)(C)C)N(Cc1cccc(OC)c1)C(=O)CN(c1ccc(F)cc1)S(=O)(=O)c1ccc(OC)c(OC)c1. The van der Waals surface area contributed by atoms with Gasteiger partial charge in [-0.25, -0.2) is 12.8 Å². The highest BCUT2D eigenvalue weighted by Gasteiger charge is 2.35. The summed E-state index contributed by atoms with van der Waals surface area (Å²) in [7, 11) is -0.0923. The summed E-state index contributed by atoms with van der Waals surface area (Å²) in [6.45, 7) is 6.59. The number of ether oxygens (including phenoxy) is 3. The molecule has 0 saturated carbocycles. The van der Waals surface area contributed by atoms with Crippen molar-refractivity contribution >= 4 is 27.5 Å². The van der Waals surface area contributed by atoms with E-state index in [9.17, 15) is 22.4 Å². The van der Waals surface area contributed by atoms with Crippen molar-refractivity contribution in [2.45, 2.75) is 57.1 Å². The number of carbonyl (C=O) groups is 2. The molecule has 44 heavy (non-hydrogen) atoms. The van der Waals surface area contributed by atoms with Gasteiger partial charge in [0.2, 0.25) is 11.8 Å². The zero-order valence-corrected chi connectivity index (χ0v) is 26.9. The van der Waals surface area contributed by atoms with E-state index in [0.29, 0.717) is 17.1 Å². The molecule has 12 heteroatoms. The number of hydrogen-bond acceptors (Lipinski definition) is 7. The Kier molecular flexibility index (Phi) is 11.2. The summed E-state index contributed by atoms with van der Waals surface area (Å²) < 4.78 is 58.9. The van der Waals surface area contributed by atoms with Crippen molar-refractivity contribution in [3.05, 3.63) is 78.1 Å². The molecular formula is C32H40FN3O7S. The molecule has 10 nitrogen and oxygen atoms in total. The minimum Gasteiger partial charge on any atom is -0.497 e. The molecule has 0 aliphatic carbocycles. The zero-order chi connectivity index (χ0) is 32.7. The van der Waals surface area contributed by atoms with Crippen LogP contribution in [0.2, 0.25) is 0 Å². The molecule has 0 heterocycles. The van der Waals surface area contributed by atoms with E-state index in [1.165, 1.54) is 56.6 Å². The number of benzene rings is 3. The van der Waals surface area contributed by atoms with E-state index in [1.807, 2.05) is 20.8 Å². The molecule has 238 valence electrons. The first-order valence-corrected chi connectivity index (χ1v) is 15.4. The van der Waals surface area contributed by atoms with Gasteiger partial charge < -0.3 is 24.4 Å². The predicted molar refractivity (Wildman–Crippen MR) is 166 cm³/mol. The molecule has 0 spiro atoms. The number of carbonyl (C=O) groups excluding carboxylic acids is 2. The third-order valence-corrected chi connectivity index (χ3v) is 8.48. The van der Waals surface area contributed by atoms with Gasteiger partial charge in [0.1, 0.15) is 24.2 Å². The average molecular weight is 630 g/mol. The van der Waals surface area contributed by atoms with Crippen LogP contribution in [0.3, 0.4) is 0 Å². The summed E-state index contributed by atoms with van der Waals surface area (Å²) in [6, 6.07) is 14.9. The fourth-order valence-corrected chi connectivity index (χ4v) is 6.01. The van der Waals surface area contributed by atoms with Crippen LogP contribution in [-0.4, -0.2) is 64.6 Å². The quantitative estimate of drug-likeness (QED) is 0.290. The van der Waals surface area contributed by atoms with Gasteiger partial charge in [0.25, 0.3) is 10.0 Å². The molecule has 0 unspecified atom stereocenters. The van der Waals surface area contributed by atoms with Gasteiger partial charge in [-0.2, -0.15) is 0 Å². The molecule has 3 aromatic rings. The maximum atomic E-state index is 14.2. The number of anilines is 1. The molecule has 0 aromatic heterocycles. The van der Waals surface area contributed by atoms with E-state index >= 15 is 0 Å². The third-order valence-electron chi connectivity index (χ3n) is 6.71. The van der Waals surface area contributed by atoms with Gasteiger partial charge in [0.15, 0.2) is 11.5 Å². The summed E-state index contributed by atoms with van der Waals surface area (Å²) >= 11 is 0. The average Bonchev–Trinajstić information content (AvgIpc) is 2.98. The highest BCUT2D eigenvalue weighted by atomic mass is 32.2. The Bertz CT molecular complexity index is 1560. The zero-order valence-electron chi connectivity index (χ0n) is 26.1. The molecule has 3 rings (SSSR count). The number of hydrogen-bond donors (Lipinski definition) is 1. The van der Waals surface area contributed by atoms with Crippen molar-refractivity contribution in [1.82, 2.24) is 10.2 Å². The van der Waals surface area contributed by atoms with Crippen LogP contribution >= 0.6 is 0 Å². The number of sulfonamides is 1. The van der Waals surface area contributed by atoms with E-state index in [1.54, 1.807) is 31.2 Å². The van der Waals surface area contributed by atoms with Crippen molar-refractivity contribution in [2.75, 3.05) is 32.2 Å². The lowest BCUT2D eigenvalue weighted by Gasteiger charge is -2.34. The topological polar surface area (TPSA) is 114 Å². The highest BCUT2D eigenvalue weighted by molar-refractivity contribution is 7.92. The second kappa shape index (κ2) is 14.4. The van der Waals surface area contributed by atoms with Gasteiger partial charge in [0.05, 0.1) is 31.9 Å². The third kappa shape index (κ3) is 8.40. The van der Waals surface area contributed by atoms with Crippen molar-refractivity contribution in [1.29, 1.82) is 0 Å². The van der Waals surface area contributed by atoms with E-state index in [2.05, 4.69) is 5.32 Å². The van der Waals surface area contributed by atoms with Crippen LogP contribution in [0, 0.1) is 5.82 Å². The van der Waals surface area contributed by atoms with Gasteiger partial charge in [-0.05, 0) is 81.3 Å². The minimum atomic E-state index is -4.41.